The number of aldehydes is 1. The lowest BCUT2D eigenvalue weighted by molar-refractivity contribution is -0.175. The first-order valence-corrected chi connectivity index (χ1v) is 8.13. The second kappa shape index (κ2) is 9.40. The largest absolute Gasteiger partial charge is 0.393 e. The standard InChI is InChI=1S/C17H30O5/c1-4-5-6-9-17(21-2,22-3)10-7-13-14(8-11-18)16(20)12-15(13)19/h7,10-11,13-16,19-20H,4-6,8-9,12H2,1-3H3/t13-,14-,15-,16+/m0/s1. The Kier molecular flexibility index (Phi) is 8.25. The van der Waals surface area contributed by atoms with Crippen molar-refractivity contribution in [2.75, 3.05) is 14.2 Å². The SMILES string of the molecule is CCCCCC(C=C[C@H]1[C@H](CC=O)[C@H](O)C[C@@H]1O)(OC)OC. The van der Waals surface area contributed by atoms with Gasteiger partial charge in [0.05, 0.1) is 12.2 Å². The molecule has 1 aliphatic carbocycles. The third kappa shape index (κ3) is 4.88. The fourth-order valence-electron chi connectivity index (χ4n) is 3.20. The van der Waals surface area contributed by atoms with Gasteiger partial charge in [-0.3, -0.25) is 0 Å². The Hall–Kier alpha value is -0.750. The summed E-state index contributed by atoms with van der Waals surface area (Å²) in [5.74, 6) is -1.31. The average molecular weight is 314 g/mol. The van der Waals surface area contributed by atoms with E-state index in [0.717, 1.165) is 32.0 Å². The summed E-state index contributed by atoms with van der Waals surface area (Å²) >= 11 is 0. The Labute approximate surface area is 133 Å². The molecule has 22 heavy (non-hydrogen) atoms. The van der Waals surface area contributed by atoms with E-state index in [2.05, 4.69) is 6.92 Å². The van der Waals surface area contributed by atoms with Gasteiger partial charge in [0.2, 0.25) is 0 Å². The highest BCUT2D eigenvalue weighted by Gasteiger charge is 2.40. The first kappa shape index (κ1) is 19.3. The predicted molar refractivity (Wildman–Crippen MR) is 84.3 cm³/mol. The molecule has 0 spiro atoms. The molecule has 0 aromatic carbocycles. The molecular weight excluding hydrogens is 284 g/mol. The van der Waals surface area contributed by atoms with E-state index in [1.807, 2.05) is 12.2 Å². The van der Waals surface area contributed by atoms with E-state index in [0.29, 0.717) is 6.42 Å². The normalized spacial score (nSPS) is 29.3. The zero-order valence-corrected chi connectivity index (χ0v) is 13.9. The van der Waals surface area contributed by atoms with E-state index in [4.69, 9.17) is 9.47 Å². The molecule has 0 unspecified atom stereocenters. The zero-order chi connectivity index (χ0) is 16.6. The quantitative estimate of drug-likeness (QED) is 0.279. The highest BCUT2D eigenvalue weighted by Crippen LogP contribution is 2.36. The molecule has 0 bridgehead atoms. The van der Waals surface area contributed by atoms with Crippen LogP contribution in [0.3, 0.4) is 0 Å². The number of hydrogen-bond donors (Lipinski definition) is 2. The monoisotopic (exact) mass is 314 g/mol. The van der Waals surface area contributed by atoms with Crippen LogP contribution in [0.1, 0.15) is 45.4 Å². The van der Waals surface area contributed by atoms with Crippen molar-refractivity contribution in [3.63, 3.8) is 0 Å². The Balaban J connectivity index is 2.81. The van der Waals surface area contributed by atoms with Gasteiger partial charge in [-0.15, -0.1) is 0 Å². The fraction of sp³-hybridized carbons (Fsp3) is 0.824. The number of carbonyl (C=O) groups is 1. The lowest BCUT2D eigenvalue weighted by Gasteiger charge is -2.29. The van der Waals surface area contributed by atoms with Crippen LogP contribution >= 0.6 is 0 Å². The van der Waals surface area contributed by atoms with E-state index in [9.17, 15) is 15.0 Å². The van der Waals surface area contributed by atoms with Crippen molar-refractivity contribution in [2.45, 2.75) is 63.4 Å². The number of aliphatic hydroxyl groups is 2. The maximum absolute atomic E-state index is 10.8. The number of unbranched alkanes of at least 4 members (excludes halogenated alkanes) is 2. The van der Waals surface area contributed by atoms with E-state index < -0.39 is 18.0 Å². The zero-order valence-electron chi connectivity index (χ0n) is 13.9. The highest BCUT2D eigenvalue weighted by atomic mass is 16.7. The molecular formula is C17H30O5. The molecule has 2 N–H and O–H groups in total. The van der Waals surface area contributed by atoms with Crippen molar-refractivity contribution >= 4 is 6.29 Å². The smallest absolute Gasteiger partial charge is 0.187 e. The summed E-state index contributed by atoms with van der Waals surface area (Å²) in [6, 6.07) is 0. The minimum absolute atomic E-state index is 0.245. The van der Waals surface area contributed by atoms with Crippen LogP contribution in [0, 0.1) is 11.8 Å². The van der Waals surface area contributed by atoms with Crippen LogP contribution < -0.4 is 0 Å². The molecule has 0 aromatic heterocycles. The Morgan fingerprint density at radius 1 is 1.18 bits per heavy atom. The van der Waals surface area contributed by atoms with Crippen LogP contribution in [0.25, 0.3) is 0 Å². The van der Waals surface area contributed by atoms with Crippen molar-refractivity contribution in [2.24, 2.45) is 11.8 Å². The topological polar surface area (TPSA) is 76.0 Å². The Morgan fingerprint density at radius 3 is 2.41 bits per heavy atom. The molecule has 5 heteroatoms. The van der Waals surface area contributed by atoms with Gasteiger partial charge in [0.15, 0.2) is 5.79 Å². The van der Waals surface area contributed by atoms with Gasteiger partial charge in [0.25, 0.3) is 0 Å². The molecule has 0 aromatic rings. The second-order valence-electron chi connectivity index (χ2n) is 6.05. The molecule has 0 radical (unpaired) electrons. The summed E-state index contributed by atoms with van der Waals surface area (Å²) in [6.07, 6.45) is 7.65. The summed E-state index contributed by atoms with van der Waals surface area (Å²) in [7, 11) is 3.20. The minimum Gasteiger partial charge on any atom is -0.393 e. The van der Waals surface area contributed by atoms with Crippen molar-refractivity contribution in [1.29, 1.82) is 0 Å². The van der Waals surface area contributed by atoms with E-state index >= 15 is 0 Å². The van der Waals surface area contributed by atoms with Gasteiger partial charge in [-0.1, -0.05) is 25.8 Å². The minimum atomic E-state index is -0.811. The van der Waals surface area contributed by atoms with Crippen LogP contribution in [0.5, 0.6) is 0 Å². The Morgan fingerprint density at radius 2 is 1.86 bits per heavy atom. The summed E-state index contributed by atoms with van der Waals surface area (Å²) in [6.45, 7) is 2.14. The van der Waals surface area contributed by atoms with Gasteiger partial charge in [0, 0.05) is 45.3 Å². The molecule has 0 saturated heterocycles. The molecule has 5 nitrogen and oxygen atoms in total. The lowest BCUT2D eigenvalue weighted by Crippen LogP contribution is -2.32. The Bertz CT molecular complexity index is 351. The van der Waals surface area contributed by atoms with Crippen molar-refractivity contribution in [3.8, 4) is 0 Å². The lowest BCUT2D eigenvalue weighted by atomic mass is 9.90. The third-order valence-corrected chi connectivity index (χ3v) is 4.68. The molecule has 0 aliphatic heterocycles. The number of aliphatic hydroxyl groups excluding tert-OH is 2. The summed E-state index contributed by atoms with van der Waals surface area (Å²) in [5.41, 5.74) is 0. The average Bonchev–Trinajstić information content (AvgIpc) is 2.78. The van der Waals surface area contributed by atoms with Gasteiger partial charge in [-0.05, 0) is 12.5 Å². The van der Waals surface area contributed by atoms with Gasteiger partial charge >= 0.3 is 0 Å². The molecule has 1 aliphatic rings. The number of carbonyl (C=O) groups excluding carboxylic acids is 1. The van der Waals surface area contributed by atoms with E-state index in [-0.39, 0.29) is 18.3 Å². The van der Waals surface area contributed by atoms with Crippen LogP contribution in [-0.2, 0) is 14.3 Å². The van der Waals surface area contributed by atoms with Crippen molar-refractivity contribution in [3.05, 3.63) is 12.2 Å². The summed E-state index contributed by atoms with van der Waals surface area (Å²) in [5, 5.41) is 20.1. The van der Waals surface area contributed by atoms with Crippen LogP contribution in [0.2, 0.25) is 0 Å². The number of rotatable bonds is 10. The maximum atomic E-state index is 10.8. The number of ether oxygens (including phenoxy) is 2. The maximum Gasteiger partial charge on any atom is 0.187 e. The molecule has 1 fully saturated rings. The summed E-state index contributed by atoms with van der Waals surface area (Å²) < 4.78 is 11.1. The highest BCUT2D eigenvalue weighted by molar-refractivity contribution is 5.50. The van der Waals surface area contributed by atoms with Gasteiger partial charge in [-0.25, -0.2) is 0 Å². The molecule has 0 amide bonds. The molecule has 0 heterocycles. The van der Waals surface area contributed by atoms with Gasteiger partial charge < -0.3 is 24.5 Å². The van der Waals surface area contributed by atoms with Gasteiger partial charge in [0.1, 0.15) is 6.29 Å². The van der Waals surface area contributed by atoms with Gasteiger partial charge in [-0.2, -0.15) is 0 Å². The predicted octanol–water partition coefficient (Wildman–Crippen LogP) is 2.06. The summed E-state index contributed by atoms with van der Waals surface area (Å²) in [4.78, 5) is 10.8. The first-order chi connectivity index (χ1) is 10.5. The number of methoxy groups -OCH3 is 2. The van der Waals surface area contributed by atoms with E-state index in [1.165, 1.54) is 0 Å². The second-order valence-corrected chi connectivity index (χ2v) is 6.05. The van der Waals surface area contributed by atoms with Crippen LogP contribution in [0.4, 0.5) is 0 Å². The molecule has 4 atom stereocenters. The fourth-order valence-corrected chi connectivity index (χ4v) is 3.20. The molecule has 128 valence electrons. The molecule has 1 rings (SSSR count). The first-order valence-electron chi connectivity index (χ1n) is 8.13. The molecule has 1 saturated carbocycles. The van der Waals surface area contributed by atoms with Crippen LogP contribution in [0.15, 0.2) is 12.2 Å². The van der Waals surface area contributed by atoms with Crippen molar-refractivity contribution < 1.29 is 24.5 Å². The van der Waals surface area contributed by atoms with Crippen LogP contribution in [-0.4, -0.2) is 48.7 Å². The number of hydrogen-bond acceptors (Lipinski definition) is 5. The van der Waals surface area contributed by atoms with Crippen molar-refractivity contribution in [1.82, 2.24) is 0 Å². The van der Waals surface area contributed by atoms with E-state index in [1.54, 1.807) is 14.2 Å². The third-order valence-electron chi connectivity index (χ3n) is 4.68.